The average Bonchev–Trinajstić information content (AvgIpc) is 2.68. The van der Waals surface area contributed by atoms with Crippen LogP contribution in [0.4, 0.5) is 0 Å². The first kappa shape index (κ1) is 13.0. The Morgan fingerprint density at radius 3 is 2.88 bits per heavy atom. The van der Waals surface area contributed by atoms with Gasteiger partial charge in [0.05, 0.1) is 5.01 Å². The molecule has 0 saturated heterocycles. The predicted molar refractivity (Wildman–Crippen MR) is 74.5 cm³/mol. The first-order valence-electron chi connectivity index (χ1n) is 6.74. The van der Waals surface area contributed by atoms with Crippen LogP contribution in [-0.4, -0.2) is 18.6 Å². The molecule has 1 saturated carbocycles. The van der Waals surface area contributed by atoms with Crippen molar-refractivity contribution in [2.45, 2.75) is 39.5 Å². The lowest BCUT2D eigenvalue weighted by Crippen LogP contribution is -2.32. The van der Waals surface area contributed by atoms with Gasteiger partial charge in [0.25, 0.3) is 0 Å². The highest BCUT2D eigenvalue weighted by molar-refractivity contribution is 7.09. The lowest BCUT2D eigenvalue weighted by molar-refractivity contribution is 0.186. The van der Waals surface area contributed by atoms with E-state index in [9.17, 15) is 0 Å². The van der Waals surface area contributed by atoms with Gasteiger partial charge >= 0.3 is 0 Å². The number of aryl methyl sites for hydroxylation is 1. The Hall–Kier alpha value is -0.410. The van der Waals surface area contributed by atoms with Gasteiger partial charge in [-0.3, -0.25) is 0 Å². The number of rotatable bonds is 4. The molecule has 3 unspecified atom stereocenters. The molecule has 2 nitrogen and oxygen atoms in total. The number of aromatic nitrogens is 1. The SMILES string of the molecule is CNCC1CCC(C)CC1Cc1nc(C)cs1. The summed E-state index contributed by atoms with van der Waals surface area (Å²) in [5, 5.41) is 6.87. The normalized spacial score (nSPS) is 29.5. The monoisotopic (exact) mass is 252 g/mol. The summed E-state index contributed by atoms with van der Waals surface area (Å²) in [6.07, 6.45) is 5.36. The lowest BCUT2D eigenvalue weighted by Gasteiger charge is -2.34. The van der Waals surface area contributed by atoms with Crippen LogP contribution >= 0.6 is 11.3 Å². The first-order chi connectivity index (χ1) is 8.19. The third kappa shape index (κ3) is 3.52. The Bertz CT molecular complexity index is 348. The smallest absolute Gasteiger partial charge is 0.0930 e. The first-order valence-corrected chi connectivity index (χ1v) is 7.62. The molecule has 96 valence electrons. The molecule has 1 aromatic rings. The van der Waals surface area contributed by atoms with Gasteiger partial charge in [-0.25, -0.2) is 4.98 Å². The molecule has 1 fully saturated rings. The second-order valence-corrected chi connectivity index (χ2v) is 6.53. The molecule has 0 radical (unpaired) electrons. The molecule has 2 rings (SSSR count). The molecule has 0 bridgehead atoms. The van der Waals surface area contributed by atoms with Crippen molar-refractivity contribution in [1.29, 1.82) is 0 Å². The van der Waals surface area contributed by atoms with Gasteiger partial charge in [0.15, 0.2) is 0 Å². The minimum Gasteiger partial charge on any atom is -0.319 e. The van der Waals surface area contributed by atoms with Gasteiger partial charge in [-0.2, -0.15) is 0 Å². The molecule has 17 heavy (non-hydrogen) atoms. The Morgan fingerprint density at radius 1 is 1.41 bits per heavy atom. The summed E-state index contributed by atoms with van der Waals surface area (Å²) in [6.45, 7) is 5.66. The minimum atomic E-state index is 0.830. The van der Waals surface area contributed by atoms with Gasteiger partial charge in [0, 0.05) is 17.5 Å². The van der Waals surface area contributed by atoms with Crippen molar-refractivity contribution in [2.24, 2.45) is 17.8 Å². The van der Waals surface area contributed by atoms with E-state index in [-0.39, 0.29) is 0 Å². The maximum absolute atomic E-state index is 4.62. The second kappa shape index (κ2) is 5.96. The summed E-state index contributed by atoms with van der Waals surface area (Å²) in [5.74, 6) is 2.58. The maximum atomic E-state index is 4.62. The van der Waals surface area contributed by atoms with Crippen LogP contribution in [0.25, 0.3) is 0 Å². The van der Waals surface area contributed by atoms with Gasteiger partial charge < -0.3 is 5.32 Å². The van der Waals surface area contributed by atoms with Crippen molar-refractivity contribution in [3.8, 4) is 0 Å². The molecule has 0 spiro atoms. The fourth-order valence-corrected chi connectivity index (χ4v) is 3.93. The summed E-state index contributed by atoms with van der Waals surface area (Å²) in [6, 6.07) is 0. The molecule has 3 heteroatoms. The average molecular weight is 252 g/mol. The lowest BCUT2D eigenvalue weighted by atomic mass is 9.73. The van der Waals surface area contributed by atoms with Crippen LogP contribution in [0.2, 0.25) is 0 Å². The molecule has 1 aliphatic carbocycles. The molecule has 3 atom stereocenters. The van der Waals surface area contributed by atoms with Crippen LogP contribution in [0, 0.1) is 24.7 Å². The molecule has 1 aromatic heterocycles. The van der Waals surface area contributed by atoms with E-state index >= 15 is 0 Å². The maximum Gasteiger partial charge on any atom is 0.0930 e. The molecular weight excluding hydrogens is 228 g/mol. The molecule has 1 N–H and O–H groups in total. The Morgan fingerprint density at radius 2 is 2.24 bits per heavy atom. The van der Waals surface area contributed by atoms with Crippen molar-refractivity contribution < 1.29 is 0 Å². The van der Waals surface area contributed by atoms with Crippen LogP contribution in [0.3, 0.4) is 0 Å². The van der Waals surface area contributed by atoms with E-state index in [0.717, 1.165) is 17.8 Å². The highest BCUT2D eigenvalue weighted by atomic mass is 32.1. The van der Waals surface area contributed by atoms with E-state index in [1.807, 2.05) is 11.3 Å². The minimum absolute atomic E-state index is 0.830. The van der Waals surface area contributed by atoms with E-state index in [4.69, 9.17) is 0 Å². The fourth-order valence-electron chi connectivity index (χ4n) is 3.06. The molecule has 0 aromatic carbocycles. The summed E-state index contributed by atoms with van der Waals surface area (Å²) < 4.78 is 0. The van der Waals surface area contributed by atoms with Crippen molar-refractivity contribution in [1.82, 2.24) is 10.3 Å². The molecule has 0 amide bonds. The largest absolute Gasteiger partial charge is 0.319 e. The molecular formula is C14H24N2S. The van der Waals surface area contributed by atoms with Crippen molar-refractivity contribution in [3.05, 3.63) is 16.1 Å². The molecule has 0 aliphatic heterocycles. The van der Waals surface area contributed by atoms with Crippen LogP contribution in [0.5, 0.6) is 0 Å². The van der Waals surface area contributed by atoms with Crippen molar-refractivity contribution in [2.75, 3.05) is 13.6 Å². The van der Waals surface area contributed by atoms with Crippen molar-refractivity contribution >= 4 is 11.3 Å². The Kier molecular flexibility index (Phi) is 4.57. The summed E-state index contributed by atoms with van der Waals surface area (Å²) in [4.78, 5) is 4.62. The zero-order valence-electron chi connectivity index (χ0n) is 11.2. The summed E-state index contributed by atoms with van der Waals surface area (Å²) >= 11 is 1.83. The standard InChI is InChI=1S/C14H24N2S/c1-10-4-5-12(8-15-3)13(6-10)7-14-16-11(2)9-17-14/h9-10,12-13,15H,4-8H2,1-3H3. The van der Waals surface area contributed by atoms with Crippen LogP contribution in [0.15, 0.2) is 5.38 Å². The van der Waals surface area contributed by atoms with Gasteiger partial charge in [-0.1, -0.05) is 13.3 Å². The highest BCUT2D eigenvalue weighted by Gasteiger charge is 2.28. The highest BCUT2D eigenvalue weighted by Crippen LogP contribution is 2.35. The Balaban J connectivity index is 1.99. The second-order valence-electron chi connectivity index (χ2n) is 5.58. The van der Waals surface area contributed by atoms with Crippen LogP contribution in [0.1, 0.15) is 36.9 Å². The summed E-state index contributed by atoms with van der Waals surface area (Å²) in [5.41, 5.74) is 1.18. The number of nitrogens with zero attached hydrogens (tertiary/aromatic N) is 1. The van der Waals surface area contributed by atoms with Gasteiger partial charge in [-0.05, 0) is 51.1 Å². The van der Waals surface area contributed by atoms with Crippen molar-refractivity contribution in [3.63, 3.8) is 0 Å². The fraction of sp³-hybridized carbons (Fsp3) is 0.786. The van der Waals surface area contributed by atoms with E-state index in [0.29, 0.717) is 0 Å². The third-order valence-electron chi connectivity index (χ3n) is 3.97. The van der Waals surface area contributed by atoms with E-state index in [1.54, 1.807) is 0 Å². The van der Waals surface area contributed by atoms with Gasteiger partial charge in [0.2, 0.25) is 0 Å². The Labute approximate surface area is 109 Å². The van der Waals surface area contributed by atoms with E-state index in [2.05, 4.69) is 36.6 Å². The summed E-state index contributed by atoms with van der Waals surface area (Å²) in [7, 11) is 2.07. The van der Waals surface area contributed by atoms with Gasteiger partial charge in [-0.15, -0.1) is 11.3 Å². The quantitative estimate of drug-likeness (QED) is 0.889. The van der Waals surface area contributed by atoms with E-state index < -0.39 is 0 Å². The number of hydrogen-bond acceptors (Lipinski definition) is 3. The van der Waals surface area contributed by atoms with Crippen LogP contribution < -0.4 is 5.32 Å². The zero-order valence-corrected chi connectivity index (χ0v) is 12.0. The third-order valence-corrected chi connectivity index (χ3v) is 4.96. The number of nitrogens with one attached hydrogen (secondary N) is 1. The topological polar surface area (TPSA) is 24.9 Å². The van der Waals surface area contributed by atoms with Gasteiger partial charge in [0.1, 0.15) is 0 Å². The van der Waals surface area contributed by atoms with E-state index in [1.165, 1.54) is 42.9 Å². The molecule has 1 aliphatic rings. The zero-order chi connectivity index (χ0) is 12.3. The number of thiazole rings is 1. The number of hydrogen-bond donors (Lipinski definition) is 1. The molecule has 1 heterocycles. The van der Waals surface area contributed by atoms with Crippen LogP contribution in [-0.2, 0) is 6.42 Å². The predicted octanol–water partition coefficient (Wildman–Crippen LogP) is 3.27.